The number of aliphatic carboxylic acids is 1. The quantitative estimate of drug-likeness (QED) is 0.188. The molecule has 0 saturated carbocycles. The summed E-state index contributed by atoms with van der Waals surface area (Å²) in [5, 5.41) is 17.2. The fourth-order valence-electron chi connectivity index (χ4n) is 4.23. The number of nitrogens with one attached hydrogen (secondary N) is 1. The molecule has 5 aromatic rings. The van der Waals surface area contributed by atoms with E-state index in [0.717, 1.165) is 51.2 Å². The van der Waals surface area contributed by atoms with Gasteiger partial charge in [0, 0.05) is 23.9 Å². The number of hydrogen-bond acceptors (Lipinski definition) is 5. The van der Waals surface area contributed by atoms with Gasteiger partial charge in [0.25, 0.3) is 0 Å². The SMILES string of the molecule is CC/C(=C(/c1ccc(/C=C/C(=O)O)cc1)c1ccc2[nH]ncc2c1)c1ccc(Oc2ncccn2)cc1. The summed E-state index contributed by atoms with van der Waals surface area (Å²) in [5.74, 6) is -0.320. The largest absolute Gasteiger partial charge is 0.478 e. The predicted molar refractivity (Wildman–Crippen MR) is 144 cm³/mol. The third kappa shape index (κ3) is 5.46. The minimum Gasteiger partial charge on any atom is -0.478 e. The number of allylic oxidation sites excluding steroid dienone is 1. The Balaban J connectivity index is 1.58. The van der Waals surface area contributed by atoms with Crippen LogP contribution in [0.4, 0.5) is 0 Å². The third-order valence-electron chi connectivity index (χ3n) is 5.96. The normalized spacial score (nSPS) is 12.0. The lowest BCUT2D eigenvalue weighted by molar-refractivity contribution is -0.131. The van der Waals surface area contributed by atoms with Crippen molar-refractivity contribution in [2.24, 2.45) is 0 Å². The summed E-state index contributed by atoms with van der Waals surface area (Å²) < 4.78 is 5.77. The van der Waals surface area contributed by atoms with Gasteiger partial charge in [0.1, 0.15) is 5.75 Å². The third-order valence-corrected chi connectivity index (χ3v) is 5.96. The number of carboxylic acids is 1. The molecule has 0 bridgehead atoms. The molecule has 2 aromatic heterocycles. The molecule has 5 rings (SSSR count). The highest BCUT2D eigenvalue weighted by atomic mass is 16.5. The van der Waals surface area contributed by atoms with E-state index in [1.165, 1.54) is 5.57 Å². The van der Waals surface area contributed by atoms with Gasteiger partial charge in [0.2, 0.25) is 0 Å². The summed E-state index contributed by atoms with van der Waals surface area (Å²) >= 11 is 0. The molecule has 3 aromatic carbocycles. The van der Waals surface area contributed by atoms with E-state index in [2.05, 4.69) is 39.2 Å². The Morgan fingerprint density at radius 1 is 0.946 bits per heavy atom. The van der Waals surface area contributed by atoms with Crippen LogP contribution >= 0.6 is 0 Å². The number of aromatic amines is 1. The maximum atomic E-state index is 10.9. The van der Waals surface area contributed by atoms with Crippen molar-refractivity contribution in [1.29, 1.82) is 0 Å². The summed E-state index contributed by atoms with van der Waals surface area (Å²) in [4.78, 5) is 19.1. The molecule has 37 heavy (non-hydrogen) atoms. The first kappa shape index (κ1) is 23.7. The first-order chi connectivity index (χ1) is 18.1. The van der Waals surface area contributed by atoms with Gasteiger partial charge in [-0.2, -0.15) is 5.10 Å². The van der Waals surface area contributed by atoms with E-state index in [1.807, 2.05) is 60.8 Å². The van der Waals surface area contributed by atoms with Gasteiger partial charge in [-0.15, -0.1) is 0 Å². The molecule has 0 aliphatic rings. The monoisotopic (exact) mass is 488 g/mol. The molecule has 7 nitrogen and oxygen atoms in total. The molecule has 0 amide bonds. The molecule has 0 aliphatic heterocycles. The van der Waals surface area contributed by atoms with Gasteiger partial charge in [0.15, 0.2) is 0 Å². The van der Waals surface area contributed by atoms with E-state index in [0.29, 0.717) is 11.8 Å². The number of H-pyrrole nitrogens is 1. The van der Waals surface area contributed by atoms with Crippen LogP contribution < -0.4 is 4.74 Å². The van der Waals surface area contributed by atoms with Gasteiger partial charge in [-0.25, -0.2) is 14.8 Å². The molecule has 0 atom stereocenters. The first-order valence-corrected chi connectivity index (χ1v) is 11.8. The van der Waals surface area contributed by atoms with Gasteiger partial charge in [-0.3, -0.25) is 5.10 Å². The Labute approximate surface area is 213 Å². The topological polar surface area (TPSA) is 101 Å². The van der Waals surface area contributed by atoms with Gasteiger partial charge in [-0.1, -0.05) is 49.4 Å². The Hall–Kier alpha value is -5.04. The van der Waals surface area contributed by atoms with Crippen molar-refractivity contribution in [3.05, 3.63) is 120 Å². The number of aromatic nitrogens is 4. The maximum absolute atomic E-state index is 10.9. The summed E-state index contributed by atoms with van der Waals surface area (Å²) in [6.45, 7) is 2.14. The minimum atomic E-state index is -0.974. The van der Waals surface area contributed by atoms with E-state index in [9.17, 15) is 4.79 Å². The van der Waals surface area contributed by atoms with Crippen molar-refractivity contribution in [3.8, 4) is 11.8 Å². The highest BCUT2D eigenvalue weighted by Crippen LogP contribution is 2.36. The van der Waals surface area contributed by atoms with E-state index in [-0.39, 0.29) is 0 Å². The number of carbonyl (C=O) groups is 1. The van der Waals surface area contributed by atoms with Crippen LogP contribution in [-0.2, 0) is 4.79 Å². The lowest BCUT2D eigenvalue weighted by Gasteiger charge is -2.17. The van der Waals surface area contributed by atoms with Crippen molar-refractivity contribution in [1.82, 2.24) is 20.2 Å². The Morgan fingerprint density at radius 2 is 1.65 bits per heavy atom. The molecule has 0 fully saturated rings. The second-order valence-corrected chi connectivity index (χ2v) is 8.33. The van der Waals surface area contributed by atoms with Crippen LogP contribution in [0.25, 0.3) is 28.1 Å². The lowest BCUT2D eigenvalue weighted by Crippen LogP contribution is -1.96. The first-order valence-electron chi connectivity index (χ1n) is 11.8. The number of carboxylic acid groups (broad SMARTS) is 1. The minimum absolute atomic E-state index is 0.299. The van der Waals surface area contributed by atoms with Crippen LogP contribution in [0.5, 0.6) is 11.8 Å². The van der Waals surface area contributed by atoms with E-state index in [1.54, 1.807) is 24.5 Å². The van der Waals surface area contributed by atoms with Crippen LogP contribution in [0.1, 0.15) is 35.6 Å². The van der Waals surface area contributed by atoms with Gasteiger partial charge in [0.05, 0.1) is 11.7 Å². The van der Waals surface area contributed by atoms with Crippen LogP contribution in [0.3, 0.4) is 0 Å². The number of benzene rings is 3. The van der Waals surface area contributed by atoms with Crippen LogP contribution in [0.15, 0.2) is 97.5 Å². The molecule has 2 heterocycles. The van der Waals surface area contributed by atoms with Gasteiger partial charge in [-0.05, 0) is 76.2 Å². The second-order valence-electron chi connectivity index (χ2n) is 8.33. The van der Waals surface area contributed by atoms with Crippen LogP contribution in [0.2, 0.25) is 0 Å². The number of fused-ring (bicyclic) bond motifs is 1. The number of hydrogen-bond donors (Lipinski definition) is 2. The van der Waals surface area contributed by atoms with Crippen molar-refractivity contribution >= 4 is 34.1 Å². The lowest BCUT2D eigenvalue weighted by atomic mass is 9.87. The highest BCUT2D eigenvalue weighted by Gasteiger charge is 2.14. The molecule has 0 aliphatic carbocycles. The zero-order valence-electron chi connectivity index (χ0n) is 20.1. The number of rotatable bonds is 8. The Morgan fingerprint density at radius 3 is 2.35 bits per heavy atom. The smallest absolute Gasteiger partial charge is 0.328 e. The van der Waals surface area contributed by atoms with Crippen molar-refractivity contribution in [2.75, 3.05) is 0 Å². The van der Waals surface area contributed by atoms with Crippen molar-refractivity contribution in [2.45, 2.75) is 13.3 Å². The fourth-order valence-corrected chi connectivity index (χ4v) is 4.23. The molecule has 0 radical (unpaired) electrons. The summed E-state index contributed by atoms with van der Waals surface area (Å²) in [7, 11) is 0. The average molecular weight is 489 g/mol. The number of ether oxygens (including phenoxy) is 1. The molecular formula is C30H24N4O3. The predicted octanol–water partition coefficient (Wildman–Crippen LogP) is 6.61. The zero-order chi connectivity index (χ0) is 25.6. The molecule has 182 valence electrons. The highest BCUT2D eigenvalue weighted by molar-refractivity contribution is 6.00. The van der Waals surface area contributed by atoms with Crippen molar-refractivity contribution < 1.29 is 14.6 Å². The Kier molecular flexibility index (Phi) is 6.85. The van der Waals surface area contributed by atoms with E-state index in [4.69, 9.17) is 9.84 Å². The van der Waals surface area contributed by atoms with Gasteiger partial charge >= 0.3 is 12.0 Å². The zero-order valence-corrected chi connectivity index (χ0v) is 20.1. The summed E-state index contributed by atoms with van der Waals surface area (Å²) in [6, 6.07) is 24.1. The summed E-state index contributed by atoms with van der Waals surface area (Å²) in [6.07, 6.45) is 8.62. The molecule has 0 unspecified atom stereocenters. The number of nitrogens with zero attached hydrogens (tertiary/aromatic N) is 3. The van der Waals surface area contributed by atoms with E-state index < -0.39 is 5.97 Å². The van der Waals surface area contributed by atoms with Gasteiger partial charge < -0.3 is 9.84 Å². The molecule has 0 spiro atoms. The fraction of sp³-hybridized carbons (Fsp3) is 0.0667. The molecule has 2 N–H and O–H groups in total. The molecule has 0 saturated heterocycles. The molecular weight excluding hydrogens is 464 g/mol. The van der Waals surface area contributed by atoms with Crippen LogP contribution in [-0.4, -0.2) is 31.2 Å². The Bertz CT molecular complexity index is 1590. The van der Waals surface area contributed by atoms with Crippen molar-refractivity contribution in [3.63, 3.8) is 0 Å². The molecule has 7 heteroatoms. The maximum Gasteiger partial charge on any atom is 0.328 e. The van der Waals surface area contributed by atoms with E-state index >= 15 is 0 Å². The average Bonchev–Trinajstić information content (AvgIpc) is 3.40. The second kappa shape index (κ2) is 10.7. The summed E-state index contributed by atoms with van der Waals surface area (Å²) in [5.41, 5.74) is 7.22. The van der Waals surface area contributed by atoms with Crippen LogP contribution in [0, 0.1) is 0 Å². The standard InChI is InChI=1S/C30H24N4O3/c1-2-26(21-9-12-25(13-10-21)37-30-31-16-3-17-32-30)29(23-11-14-27-24(18-23)19-33-34-27)22-7-4-20(5-8-22)6-15-28(35)36/h3-19H,2H2,1H3,(H,33,34)(H,35,36)/b15-6+,29-26+.